The number of rotatable bonds is 6. The summed E-state index contributed by atoms with van der Waals surface area (Å²) in [6.45, 7) is 5.84. The van der Waals surface area contributed by atoms with Gasteiger partial charge in [0, 0.05) is 6.54 Å². The minimum Gasteiger partial charge on any atom is -0.491 e. The maximum Gasteiger partial charge on any atom is 0.224 e. The SMILES string of the molecule is CC(O)CNC(=O)Cc1cccc(OC(C)C)c1. The predicted octanol–water partition coefficient (Wildman–Crippen LogP) is 1.51. The van der Waals surface area contributed by atoms with E-state index in [1.165, 1.54) is 0 Å². The second kappa shape index (κ2) is 7.01. The van der Waals surface area contributed by atoms with Gasteiger partial charge in [0.2, 0.25) is 5.91 Å². The van der Waals surface area contributed by atoms with Crippen LogP contribution in [-0.2, 0) is 11.2 Å². The van der Waals surface area contributed by atoms with E-state index in [1.807, 2.05) is 38.1 Å². The minimum absolute atomic E-state index is 0.0994. The molecule has 1 atom stereocenters. The summed E-state index contributed by atoms with van der Waals surface area (Å²) in [7, 11) is 0. The first-order chi connectivity index (χ1) is 8.47. The Hall–Kier alpha value is -1.55. The topological polar surface area (TPSA) is 58.6 Å². The number of aliphatic hydroxyl groups excluding tert-OH is 1. The Kier molecular flexibility index (Phi) is 5.65. The molecule has 0 heterocycles. The van der Waals surface area contributed by atoms with Crippen LogP contribution in [0.5, 0.6) is 5.75 Å². The van der Waals surface area contributed by atoms with Gasteiger partial charge in [0.15, 0.2) is 0 Å². The number of amides is 1. The number of carbonyl (C=O) groups is 1. The average molecular weight is 251 g/mol. The van der Waals surface area contributed by atoms with Crippen molar-refractivity contribution in [3.63, 3.8) is 0 Å². The van der Waals surface area contributed by atoms with Crippen molar-refractivity contribution in [2.45, 2.75) is 39.4 Å². The molecular formula is C14H21NO3. The summed E-state index contributed by atoms with van der Waals surface area (Å²) in [5, 5.41) is 11.7. The quantitative estimate of drug-likeness (QED) is 0.805. The van der Waals surface area contributed by atoms with E-state index in [4.69, 9.17) is 9.84 Å². The van der Waals surface area contributed by atoms with Crippen LogP contribution >= 0.6 is 0 Å². The molecular weight excluding hydrogens is 230 g/mol. The molecule has 0 saturated carbocycles. The van der Waals surface area contributed by atoms with Gasteiger partial charge in [-0.25, -0.2) is 0 Å². The predicted molar refractivity (Wildman–Crippen MR) is 70.6 cm³/mol. The third kappa shape index (κ3) is 5.68. The maximum atomic E-state index is 11.6. The molecule has 1 aromatic rings. The number of aliphatic hydroxyl groups is 1. The first-order valence-corrected chi connectivity index (χ1v) is 6.17. The molecule has 0 aliphatic rings. The monoisotopic (exact) mass is 251 g/mol. The third-order valence-electron chi connectivity index (χ3n) is 2.23. The summed E-state index contributed by atoms with van der Waals surface area (Å²) in [5.41, 5.74) is 0.899. The van der Waals surface area contributed by atoms with Crippen LogP contribution in [0, 0.1) is 0 Å². The fourth-order valence-electron chi connectivity index (χ4n) is 1.51. The molecule has 0 saturated heterocycles. The van der Waals surface area contributed by atoms with Crippen LogP contribution in [0.4, 0.5) is 0 Å². The molecule has 0 aliphatic heterocycles. The molecule has 1 aromatic carbocycles. The van der Waals surface area contributed by atoms with Gasteiger partial charge in [-0.15, -0.1) is 0 Å². The average Bonchev–Trinajstić information content (AvgIpc) is 2.26. The molecule has 2 N–H and O–H groups in total. The van der Waals surface area contributed by atoms with Crippen LogP contribution in [0.3, 0.4) is 0 Å². The van der Waals surface area contributed by atoms with E-state index in [-0.39, 0.29) is 18.6 Å². The lowest BCUT2D eigenvalue weighted by Gasteiger charge is -2.11. The normalized spacial score (nSPS) is 12.3. The Morgan fingerprint density at radius 2 is 2.11 bits per heavy atom. The number of benzene rings is 1. The minimum atomic E-state index is -0.524. The summed E-state index contributed by atoms with van der Waals surface area (Å²) in [5.74, 6) is 0.670. The summed E-state index contributed by atoms with van der Waals surface area (Å²) >= 11 is 0. The molecule has 0 radical (unpaired) electrons. The van der Waals surface area contributed by atoms with E-state index in [1.54, 1.807) is 6.92 Å². The van der Waals surface area contributed by atoms with E-state index in [9.17, 15) is 4.79 Å². The van der Waals surface area contributed by atoms with Crippen molar-refractivity contribution in [2.24, 2.45) is 0 Å². The van der Waals surface area contributed by atoms with Gasteiger partial charge in [0.1, 0.15) is 5.75 Å². The highest BCUT2D eigenvalue weighted by Gasteiger charge is 2.06. The van der Waals surface area contributed by atoms with Crippen molar-refractivity contribution < 1.29 is 14.6 Å². The molecule has 100 valence electrons. The zero-order chi connectivity index (χ0) is 13.5. The van der Waals surface area contributed by atoms with Gasteiger partial charge in [0.25, 0.3) is 0 Å². The van der Waals surface area contributed by atoms with Crippen molar-refractivity contribution in [3.05, 3.63) is 29.8 Å². The molecule has 4 nitrogen and oxygen atoms in total. The Labute approximate surface area is 108 Å². The van der Waals surface area contributed by atoms with Crippen LogP contribution < -0.4 is 10.1 Å². The lowest BCUT2D eigenvalue weighted by atomic mass is 10.1. The first-order valence-electron chi connectivity index (χ1n) is 6.17. The van der Waals surface area contributed by atoms with Gasteiger partial charge in [-0.1, -0.05) is 12.1 Å². The van der Waals surface area contributed by atoms with Gasteiger partial charge in [0.05, 0.1) is 18.6 Å². The van der Waals surface area contributed by atoms with Crippen LogP contribution in [0.1, 0.15) is 26.3 Å². The standard InChI is InChI=1S/C14H21NO3/c1-10(2)18-13-6-4-5-12(7-13)8-14(17)15-9-11(3)16/h4-7,10-11,16H,8-9H2,1-3H3,(H,15,17). The molecule has 18 heavy (non-hydrogen) atoms. The zero-order valence-corrected chi connectivity index (χ0v) is 11.1. The zero-order valence-electron chi connectivity index (χ0n) is 11.1. The van der Waals surface area contributed by atoms with Crippen molar-refractivity contribution in [1.82, 2.24) is 5.32 Å². The van der Waals surface area contributed by atoms with Gasteiger partial charge in [-0.2, -0.15) is 0 Å². The van der Waals surface area contributed by atoms with Crippen LogP contribution in [-0.4, -0.2) is 29.8 Å². The second-order valence-electron chi connectivity index (χ2n) is 4.64. The van der Waals surface area contributed by atoms with Crippen LogP contribution in [0.2, 0.25) is 0 Å². The van der Waals surface area contributed by atoms with E-state index in [0.717, 1.165) is 11.3 Å². The number of carbonyl (C=O) groups excluding carboxylic acids is 1. The number of hydrogen-bond donors (Lipinski definition) is 2. The van der Waals surface area contributed by atoms with E-state index in [0.29, 0.717) is 6.42 Å². The van der Waals surface area contributed by atoms with Crippen LogP contribution in [0.25, 0.3) is 0 Å². The highest BCUT2D eigenvalue weighted by Crippen LogP contribution is 2.15. The number of hydrogen-bond acceptors (Lipinski definition) is 3. The molecule has 0 aliphatic carbocycles. The van der Waals surface area contributed by atoms with Crippen molar-refractivity contribution in [3.8, 4) is 5.75 Å². The fraction of sp³-hybridized carbons (Fsp3) is 0.500. The molecule has 0 aromatic heterocycles. The summed E-state index contributed by atoms with van der Waals surface area (Å²) in [6, 6.07) is 7.49. The summed E-state index contributed by atoms with van der Waals surface area (Å²) in [6.07, 6.45) is -0.115. The van der Waals surface area contributed by atoms with Gasteiger partial charge in [-0.05, 0) is 38.5 Å². The third-order valence-corrected chi connectivity index (χ3v) is 2.23. The molecule has 0 bridgehead atoms. The molecule has 1 amide bonds. The van der Waals surface area contributed by atoms with E-state index >= 15 is 0 Å². The largest absolute Gasteiger partial charge is 0.491 e. The lowest BCUT2D eigenvalue weighted by molar-refractivity contribution is -0.120. The smallest absolute Gasteiger partial charge is 0.224 e. The Morgan fingerprint density at radius 3 is 2.72 bits per heavy atom. The van der Waals surface area contributed by atoms with Crippen molar-refractivity contribution in [2.75, 3.05) is 6.54 Å². The van der Waals surface area contributed by atoms with Crippen LogP contribution in [0.15, 0.2) is 24.3 Å². The highest BCUT2D eigenvalue weighted by atomic mass is 16.5. The number of nitrogens with one attached hydrogen (secondary N) is 1. The highest BCUT2D eigenvalue weighted by molar-refractivity contribution is 5.78. The van der Waals surface area contributed by atoms with Gasteiger partial charge < -0.3 is 15.2 Å². The molecule has 0 fully saturated rings. The molecule has 0 spiro atoms. The van der Waals surface area contributed by atoms with E-state index < -0.39 is 6.10 Å². The Balaban J connectivity index is 2.53. The van der Waals surface area contributed by atoms with Crippen molar-refractivity contribution in [1.29, 1.82) is 0 Å². The second-order valence-corrected chi connectivity index (χ2v) is 4.64. The van der Waals surface area contributed by atoms with Gasteiger partial charge >= 0.3 is 0 Å². The molecule has 1 unspecified atom stereocenters. The van der Waals surface area contributed by atoms with Gasteiger partial charge in [-0.3, -0.25) is 4.79 Å². The number of ether oxygens (including phenoxy) is 1. The van der Waals surface area contributed by atoms with E-state index in [2.05, 4.69) is 5.32 Å². The summed E-state index contributed by atoms with van der Waals surface area (Å²) < 4.78 is 5.56. The summed E-state index contributed by atoms with van der Waals surface area (Å²) in [4.78, 5) is 11.6. The molecule has 4 heteroatoms. The fourth-order valence-corrected chi connectivity index (χ4v) is 1.51. The lowest BCUT2D eigenvalue weighted by Crippen LogP contribution is -2.31. The Morgan fingerprint density at radius 1 is 1.39 bits per heavy atom. The Bertz CT molecular complexity index is 388. The van der Waals surface area contributed by atoms with Crippen molar-refractivity contribution >= 4 is 5.91 Å². The first kappa shape index (κ1) is 14.5. The molecule has 1 rings (SSSR count). The maximum absolute atomic E-state index is 11.6.